The average Bonchev–Trinajstić information content (AvgIpc) is 2.39. The second-order valence-electron chi connectivity index (χ2n) is 4.74. The molecule has 1 atom stereocenters. The predicted octanol–water partition coefficient (Wildman–Crippen LogP) is 1.22. The lowest BCUT2D eigenvalue weighted by atomic mass is 10.1. The number of carbonyl (C=O) groups is 3. The van der Waals surface area contributed by atoms with Crippen molar-refractivity contribution in [1.29, 1.82) is 0 Å². The number of carboxylic acids is 1. The molecule has 7 heteroatoms. The number of rotatable bonds is 8. The smallest absolute Gasteiger partial charge is 0.326 e. The molecule has 0 fully saturated rings. The molecule has 0 spiro atoms. The maximum Gasteiger partial charge on any atom is 0.326 e. The number of methoxy groups -OCH3 is 1. The van der Waals surface area contributed by atoms with Gasteiger partial charge in [0.05, 0.1) is 7.11 Å². The summed E-state index contributed by atoms with van der Waals surface area (Å²) < 4.78 is 4.45. The van der Waals surface area contributed by atoms with E-state index < -0.39 is 24.0 Å². The highest BCUT2D eigenvalue weighted by molar-refractivity contribution is 5.83. The summed E-state index contributed by atoms with van der Waals surface area (Å²) in [5.74, 6) is -1.66. The molecule has 0 aliphatic carbocycles. The lowest BCUT2D eigenvalue weighted by Gasteiger charge is -2.28. The van der Waals surface area contributed by atoms with Crippen LogP contribution in [0.4, 0.5) is 4.79 Å². The van der Waals surface area contributed by atoms with Gasteiger partial charge in [-0.05, 0) is 26.7 Å². The van der Waals surface area contributed by atoms with Gasteiger partial charge >= 0.3 is 18.0 Å². The SMILES string of the molecule is CCCN(C(=O)N[C@H](CCC(=O)OC)C(=O)O)C(C)C. The van der Waals surface area contributed by atoms with Crippen LogP contribution in [0.1, 0.15) is 40.0 Å². The van der Waals surface area contributed by atoms with E-state index in [-0.39, 0.29) is 18.9 Å². The molecule has 0 heterocycles. The van der Waals surface area contributed by atoms with E-state index in [1.165, 1.54) is 7.11 Å². The van der Waals surface area contributed by atoms with Crippen molar-refractivity contribution >= 4 is 18.0 Å². The van der Waals surface area contributed by atoms with Crippen LogP contribution in [0.15, 0.2) is 0 Å². The molecule has 7 nitrogen and oxygen atoms in total. The zero-order valence-electron chi connectivity index (χ0n) is 12.5. The van der Waals surface area contributed by atoms with Gasteiger partial charge in [-0.3, -0.25) is 4.79 Å². The first-order valence-electron chi connectivity index (χ1n) is 6.70. The van der Waals surface area contributed by atoms with E-state index in [1.54, 1.807) is 4.90 Å². The summed E-state index contributed by atoms with van der Waals surface area (Å²) in [7, 11) is 1.23. The topological polar surface area (TPSA) is 95.9 Å². The highest BCUT2D eigenvalue weighted by Gasteiger charge is 2.24. The molecule has 0 aromatic carbocycles. The fourth-order valence-corrected chi connectivity index (χ4v) is 1.69. The molecule has 0 rings (SSSR count). The molecule has 0 radical (unpaired) electrons. The molecular weight excluding hydrogens is 264 g/mol. The minimum absolute atomic E-state index is 0.00576. The van der Waals surface area contributed by atoms with Crippen LogP contribution in [0.5, 0.6) is 0 Å². The Labute approximate surface area is 119 Å². The Balaban J connectivity index is 4.60. The van der Waals surface area contributed by atoms with Gasteiger partial charge in [0.25, 0.3) is 0 Å². The van der Waals surface area contributed by atoms with Gasteiger partial charge in [-0.25, -0.2) is 9.59 Å². The van der Waals surface area contributed by atoms with Crippen molar-refractivity contribution in [2.24, 2.45) is 0 Å². The van der Waals surface area contributed by atoms with Crippen molar-refractivity contribution in [3.63, 3.8) is 0 Å². The predicted molar refractivity (Wildman–Crippen MR) is 73.3 cm³/mol. The number of hydrogen-bond donors (Lipinski definition) is 2. The molecule has 0 saturated heterocycles. The van der Waals surface area contributed by atoms with Crippen molar-refractivity contribution in [2.45, 2.75) is 52.1 Å². The summed E-state index contributed by atoms with van der Waals surface area (Å²) in [5, 5.41) is 11.5. The second kappa shape index (κ2) is 9.17. The number of ether oxygens (including phenoxy) is 1. The fourth-order valence-electron chi connectivity index (χ4n) is 1.69. The molecule has 0 aliphatic rings. The first kappa shape index (κ1) is 18.2. The van der Waals surface area contributed by atoms with Gasteiger partial charge in [0, 0.05) is 19.0 Å². The monoisotopic (exact) mass is 288 g/mol. The molecule has 0 saturated carbocycles. The minimum atomic E-state index is -1.16. The molecule has 2 N–H and O–H groups in total. The zero-order chi connectivity index (χ0) is 15.7. The maximum absolute atomic E-state index is 12.0. The van der Waals surface area contributed by atoms with Gasteiger partial charge in [-0.15, -0.1) is 0 Å². The van der Waals surface area contributed by atoms with Gasteiger partial charge in [-0.2, -0.15) is 0 Å². The number of nitrogens with zero attached hydrogens (tertiary/aromatic N) is 1. The number of hydrogen-bond acceptors (Lipinski definition) is 4. The maximum atomic E-state index is 12.0. The van der Waals surface area contributed by atoms with Crippen LogP contribution in [-0.4, -0.2) is 53.7 Å². The van der Waals surface area contributed by atoms with Crippen LogP contribution in [0.3, 0.4) is 0 Å². The van der Waals surface area contributed by atoms with Crippen molar-refractivity contribution < 1.29 is 24.2 Å². The molecule has 0 aromatic heterocycles. The molecule has 0 aromatic rings. The van der Waals surface area contributed by atoms with Crippen molar-refractivity contribution in [3.8, 4) is 0 Å². The van der Waals surface area contributed by atoms with E-state index in [0.717, 1.165) is 6.42 Å². The number of nitrogens with one attached hydrogen (secondary N) is 1. The standard InChI is InChI=1S/C13H24N2O5/c1-5-8-15(9(2)3)13(19)14-10(12(17)18)6-7-11(16)20-4/h9-10H,5-8H2,1-4H3,(H,14,19)(H,17,18)/t10-/m1/s1. The van der Waals surface area contributed by atoms with Crippen LogP contribution in [-0.2, 0) is 14.3 Å². The summed E-state index contributed by atoms with van der Waals surface area (Å²) in [6.07, 6.45) is 0.737. The summed E-state index contributed by atoms with van der Waals surface area (Å²) in [6.45, 7) is 6.21. The van der Waals surface area contributed by atoms with E-state index in [2.05, 4.69) is 10.1 Å². The first-order chi connectivity index (χ1) is 9.33. The molecular formula is C13H24N2O5. The Hall–Kier alpha value is -1.79. The molecule has 0 bridgehead atoms. The zero-order valence-corrected chi connectivity index (χ0v) is 12.5. The molecule has 0 unspecified atom stereocenters. The largest absolute Gasteiger partial charge is 0.480 e. The highest BCUT2D eigenvalue weighted by Crippen LogP contribution is 2.04. The third-order valence-electron chi connectivity index (χ3n) is 2.81. The molecule has 0 aliphatic heterocycles. The molecule has 116 valence electrons. The fraction of sp³-hybridized carbons (Fsp3) is 0.769. The van der Waals surface area contributed by atoms with E-state index in [9.17, 15) is 14.4 Å². The van der Waals surface area contributed by atoms with E-state index in [4.69, 9.17) is 5.11 Å². The number of aliphatic carboxylic acids is 1. The van der Waals surface area contributed by atoms with E-state index in [0.29, 0.717) is 6.54 Å². The average molecular weight is 288 g/mol. The minimum Gasteiger partial charge on any atom is -0.480 e. The normalized spacial score (nSPS) is 11.8. The lowest BCUT2D eigenvalue weighted by Crippen LogP contribution is -2.50. The quantitative estimate of drug-likeness (QED) is 0.655. The third kappa shape index (κ3) is 6.40. The van der Waals surface area contributed by atoms with Crippen LogP contribution < -0.4 is 5.32 Å². The van der Waals surface area contributed by atoms with Crippen LogP contribution in [0.2, 0.25) is 0 Å². The van der Waals surface area contributed by atoms with E-state index >= 15 is 0 Å². The van der Waals surface area contributed by atoms with Crippen LogP contribution in [0.25, 0.3) is 0 Å². The number of carbonyl (C=O) groups excluding carboxylic acids is 2. The Morgan fingerprint density at radius 2 is 1.90 bits per heavy atom. The number of esters is 1. The van der Waals surface area contributed by atoms with Gasteiger partial charge in [-0.1, -0.05) is 6.92 Å². The van der Waals surface area contributed by atoms with Gasteiger partial charge in [0.15, 0.2) is 0 Å². The van der Waals surface area contributed by atoms with Crippen molar-refractivity contribution in [1.82, 2.24) is 10.2 Å². The Bertz CT molecular complexity index is 344. The summed E-state index contributed by atoms with van der Waals surface area (Å²) in [6, 6.07) is -1.55. The molecule has 20 heavy (non-hydrogen) atoms. The third-order valence-corrected chi connectivity index (χ3v) is 2.81. The lowest BCUT2D eigenvalue weighted by molar-refractivity contribution is -0.142. The number of carboxylic acid groups (broad SMARTS) is 1. The van der Waals surface area contributed by atoms with Gasteiger partial charge < -0.3 is 20.1 Å². The Morgan fingerprint density at radius 3 is 2.30 bits per heavy atom. The van der Waals surface area contributed by atoms with Crippen molar-refractivity contribution in [3.05, 3.63) is 0 Å². The summed E-state index contributed by atoms with van der Waals surface area (Å²) >= 11 is 0. The number of amides is 2. The summed E-state index contributed by atoms with van der Waals surface area (Å²) in [4.78, 5) is 35.7. The van der Waals surface area contributed by atoms with Gasteiger partial charge in [0.1, 0.15) is 6.04 Å². The van der Waals surface area contributed by atoms with Crippen LogP contribution >= 0.6 is 0 Å². The Kier molecular flexibility index (Phi) is 8.35. The Morgan fingerprint density at radius 1 is 1.30 bits per heavy atom. The highest BCUT2D eigenvalue weighted by atomic mass is 16.5. The summed E-state index contributed by atoms with van der Waals surface area (Å²) in [5.41, 5.74) is 0. The van der Waals surface area contributed by atoms with E-state index in [1.807, 2.05) is 20.8 Å². The van der Waals surface area contributed by atoms with Crippen molar-refractivity contribution in [2.75, 3.05) is 13.7 Å². The van der Waals surface area contributed by atoms with Gasteiger partial charge in [0.2, 0.25) is 0 Å². The molecule has 2 amide bonds. The van der Waals surface area contributed by atoms with Crippen LogP contribution in [0, 0.1) is 0 Å². The second-order valence-corrected chi connectivity index (χ2v) is 4.74. The number of urea groups is 1. The first-order valence-corrected chi connectivity index (χ1v) is 6.70.